The average Bonchev–Trinajstić information content (AvgIpc) is 3.43. The van der Waals surface area contributed by atoms with Crippen LogP contribution in [0.1, 0.15) is 77.2 Å². The van der Waals surface area contributed by atoms with E-state index in [0.717, 1.165) is 37.2 Å². The minimum absolute atomic E-state index is 0.0894. The summed E-state index contributed by atoms with van der Waals surface area (Å²) >= 11 is 12.6. The van der Waals surface area contributed by atoms with E-state index >= 15 is 0 Å². The third-order valence-corrected chi connectivity index (χ3v) is 11.0. The van der Waals surface area contributed by atoms with Gasteiger partial charge >= 0.3 is 6.03 Å². The number of hydrogen-bond donors (Lipinski definition) is 1. The molecule has 0 aromatic heterocycles. The fourth-order valence-electron chi connectivity index (χ4n) is 8.46. The van der Waals surface area contributed by atoms with Crippen molar-refractivity contribution in [3.05, 3.63) is 46.0 Å². The Kier molecular flexibility index (Phi) is 5.21. The van der Waals surface area contributed by atoms with Gasteiger partial charge in [0.05, 0.1) is 11.6 Å². The van der Waals surface area contributed by atoms with Crippen LogP contribution in [-0.4, -0.2) is 22.9 Å². The zero-order valence-electron chi connectivity index (χ0n) is 20.1. The zero-order valence-corrected chi connectivity index (χ0v) is 21.6. The number of fused-ring (bicyclic) bond motifs is 5. The number of imide groups is 1. The summed E-state index contributed by atoms with van der Waals surface area (Å²) in [5.41, 5.74) is 0.703. The van der Waals surface area contributed by atoms with Gasteiger partial charge in [-0.2, -0.15) is 0 Å². The van der Waals surface area contributed by atoms with Gasteiger partial charge in [0.15, 0.2) is 0 Å². The van der Waals surface area contributed by atoms with Gasteiger partial charge in [-0.25, -0.2) is 4.79 Å². The topological polar surface area (TPSA) is 49.4 Å². The van der Waals surface area contributed by atoms with Gasteiger partial charge in [0, 0.05) is 21.5 Å². The summed E-state index contributed by atoms with van der Waals surface area (Å²) in [4.78, 5) is 28.4. The van der Waals surface area contributed by atoms with E-state index in [1.165, 1.54) is 32.1 Å². The molecule has 4 saturated carbocycles. The lowest BCUT2D eigenvalue weighted by molar-refractivity contribution is -0.135. The highest BCUT2D eigenvalue weighted by Crippen LogP contribution is 2.64. The Morgan fingerprint density at radius 1 is 1.03 bits per heavy atom. The molecule has 6 heteroatoms. The van der Waals surface area contributed by atoms with E-state index in [1.54, 1.807) is 17.0 Å². The van der Waals surface area contributed by atoms with E-state index in [-0.39, 0.29) is 23.4 Å². The van der Waals surface area contributed by atoms with Crippen molar-refractivity contribution in [3.8, 4) is 0 Å². The zero-order chi connectivity index (χ0) is 23.9. The summed E-state index contributed by atoms with van der Waals surface area (Å²) in [5.74, 6) is 1.83. The number of benzene rings is 1. The molecule has 182 valence electrons. The molecule has 1 heterocycles. The van der Waals surface area contributed by atoms with E-state index in [1.807, 2.05) is 12.1 Å². The fraction of sp³-hybridized carbons (Fsp3) is 0.643. The summed E-state index contributed by atoms with van der Waals surface area (Å²) < 4.78 is 0. The first-order valence-electron chi connectivity index (χ1n) is 13.0. The number of rotatable bonds is 2. The molecule has 1 N–H and O–H groups in total. The molecular weight excluding hydrogens is 467 g/mol. The van der Waals surface area contributed by atoms with Crippen molar-refractivity contribution < 1.29 is 9.59 Å². The van der Waals surface area contributed by atoms with Crippen LogP contribution in [0.5, 0.6) is 0 Å². The van der Waals surface area contributed by atoms with Crippen molar-refractivity contribution in [2.75, 3.05) is 0 Å². The summed E-state index contributed by atoms with van der Waals surface area (Å²) in [7, 11) is 0. The number of hydrogen-bond acceptors (Lipinski definition) is 2. The number of nitrogens with one attached hydrogen (secondary N) is 1. The molecule has 6 atom stereocenters. The molecule has 6 rings (SSSR count). The lowest BCUT2D eigenvalue weighted by Crippen LogP contribution is -2.63. The Balaban J connectivity index is 1.27. The third kappa shape index (κ3) is 3.31. The molecule has 5 aliphatic rings. The highest BCUT2D eigenvalue weighted by Gasteiger charge is 2.60. The highest BCUT2D eigenvalue weighted by atomic mass is 35.5. The third-order valence-electron chi connectivity index (χ3n) is 10.4. The summed E-state index contributed by atoms with van der Waals surface area (Å²) in [6, 6.07) is 5.05. The molecule has 3 amide bonds. The first-order chi connectivity index (χ1) is 16.2. The van der Waals surface area contributed by atoms with Crippen LogP contribution >= 0.6 is 23.2 Å². The van der Waals surface area contributed by atoms with Crippen molar-refractivity contribution in [1.29, 1.82) is 0 Å². The Hall–Kier alpha value is -1.52. The maximum atomic E-state index is 13.7. The van der Waals surface area contributed by atoms with Crippen molar-refractivity contribution in [1.82, 2.24) is 10.2 Å². The number of halogens is 2. The summed E-state index contributed by atoms with van der Waals surface area (Å²) in [6.07, 6.45) is 14.0. The lowest BCUT2D eigenvalue weighted by atomic mass is 9.48. The molecule has 1 aromatic rings. The molecule has 4 fully saturated rings. The highest BCUT2D eigenvalue weighted by molar-refractivity contribution is 6.35. The van der Waals surface area contributed by atoms with Gasteiger partial charge in [0.25, 0.3) is 5.91 Å². The minimum atomic E-state index is -0.510. The monoisotopic (exact) mass is 500 g/mol. The second kappa shape index (κ2) is 7.74. The minimum Gasteiger partial charge on any atom is -0.328 e. The lowest BCUT2D eigenvalue weighted by Gasteiger charge is -2.59. The van der Waals surface area contributed by atoms with Crippen molar-refractivity contribution in [3.63, 3.8) is 0 Å². The molecule has 34 heavy (non-hydrogen) atoms. The second-order valence-corrected chi connectivity index (χ2v) is 12.9. The van der Waals surface area contributed by atoms with Crippen molar-refractivity contribution >= 4 is 35.1 Å². The molecule has 4 nitrogen and oxygen atoms in total. The molecule has 1 aliphatic heterocycles. The largest absolute Gasteiger partial charge is 0.328 e. The number of nitrogens with zero attached hydrogens (tertiary/aromatic N) is 1. The Bertz CT molecular complexity index is 1080. The van der Waals surface area contributed by atoms with Crippen LogP contribution in [0.2, 0.25) is 10.0 Å². The van der Waals surface area contributed by atoms with Gasteiger partial charge in [-0.3, -0.25) is 9.69 Å². The maximum absolute atomic E-state index is 13.7. The van der Waals surface area contributed by atoms with E-state index < -0.39 is 5.54 Å². The summed E-state index contributed by atoms with van der Waals surface area (Å²) in [6.45, 7) is 4.81. The molecular formula is C28H34Cl2N2O2. The van der Waals surface area contributed by atoms with E-state index in [2.05, 4.69) is 25.2 Å². The average molecular weight is 501 g/mol. The van der Waals surface area contributed by atoms with Gasteiger partial charge in [-0.05, 0) is 92.2 Å². The fourth-order valence-corrected chi connectivity index (χ4v) is 9.05. The van der Waals surface area contributed by atoms with E-state index in [0.29, 0.717) is 27.3 Å². The normalized spacial score (nSPS) is 39.8. The predicted octanol–water partition coefficient (Wildman–Crippen LogP) is 7.09. The van der Waals surface area contributed by atoms with Crippen LogP contribution in [-0.2, 0) is 10.3 Å². The van der Waals surface area contributed by atoms with Gasteiger partial charge in [0.2, 0.25) is 0 Å². The number of carbonyl (C=O) groups is 2. The maximum Gasteiger partial charge on any atom is 0.325 e. The SMILES string of the molecule is C[C@@]12CCC[C@H]1[C@@H]1CC[C@H]3N(C(=O)NC4(c5ccc(Cl)cc5Cl)CC4)C(=O)C=C[C@]3(C)[C@H]1CC2. The smallest absolute Gasteiger partial charge is 0.325 e. The van der Waals surface area contributed by atoms with Crippen LogP contribution in [0.3, 0.4) is 0 Å². The van der Waals surface area contributed by atoms with Gasteiger partial charge in [-0.1, -0.05) is 55.6 Å². The Labute approximate surface area is 212 Å². The van der Waals surface area contributed by atoms with Crippen molar-refractivity contribution in [2.45, 2.75) is 83.2 Å². The van der Waals surface area contributed by atoms with Gasteiger partial charge in [-0.15, -0.1) is 0 Å². The van der Waals surface area contributed by atoms with E-state index in [4.69, 9.17) is 23.2 Å². The number of carbonyl (C=O) groups excluding carboxylic acids is 2. The molecule has 0 bridgehead atoms. The predicted molar refractivity (Wildman–Crippen MR) is 135 cm³/mol. The van der Waals surface area contributed by atoms with Crippen LogP contribution in [0.25, 0.3) is 0 Å². The molecule has 4 aliphatic carbocycles. The van der Waals surface area contributed by atoms with Crippen molar-refractivity contribution in [2.24, 2.45) is 28.6 Å². The Morgan fingerprint density at radius 2 is 1.82 bits per heavy atom. The van der Waals surface area contributed by atoms with Crippen LogP contribution in [0, 0.1) is 28.6 Å². The van der Waals surface area contributed by atoms with Gasteiger partial charge in [0.1, 0.15) is 0 Å². The second-order valence-electron chi connectivity index (χ2n) is 12.1. The van der Waals surface area contributed by atoms with Crippen LogP contribution in [0.4, 0.5) is 4.79 Å². The van der Waals surface area contributed by atoms with Crippen LogP contribution in [0.15, 0.2) is 30.4 Å². The summed E-state index contributed by atoms with van der Waals surface area (Å²) in [5, 5.41) is 4.35. The van der Waals surface area contributed by atoms with Gasteiger partial charge < -0.3 is 5.32 Å². The molecule has 0 spiro atoms. The molecule has 1 aromatic carbocycles. The number of amides is 3. The quantitative estimate of drug-likeness (QED) is 0.470. The molecule has 0 radical (unpaired) electrons. The van der Waals surface area contributed by atoms with Crippen LogP contribution < -0.4 is 5.32 Å². The molecule has 0 saturated heterocycles. The molecule has 0 unspecified atom stereocenters. The first kappa shape index (κ1) is 22.9. The number of urea groups is 1. The first-order valence-corrected chi connectivity index (χ1v) is 13.7. The standard InChI is InChI=1S/C28H34Cl2N2O2/c1-26-11-3-4-19(26)18-6-8-23-27(2,20(18)9-12-26)13-10-24(33)32(23)25(34)31-28(14-15-28)21-7-5-17(29)16-22(21)30/h5,7,10,13,16,18-20,23H,3-4,6,8-9,11-12,14-15H2,1-2H3,(H,31,34)/t18-,19-,20-,23+,26-,27+/m0/s1. The van der Waals surface area contributed by atoms with E-state index in [9.17, 15) is 9.59 Å². The Morgan fingerprint density at radius 3 is 2.56 bits per heavy atom.